The first-order valence-corrected chi connectivity index (χ1v) is 4.25. The first kappa shape index (κ1) is 10.6. The predicted molar refractivity (Wildman–Crippen MR) is 54.1 cm³/mol. The van der Waals surface area contributed by atoms with Crippen molar-refractivity contribution in [2.75, 3.05) is 12.1 Å². The summed E-state index contributed by atoms with van der Waals surface area (Å²) < 4.78 is 24.2. The van der Waals surface area contributed by atoms with Crippen LogP contribution in [0.4, 0.5) is 14.6 Å². The van der Waals surface area contributed by atoms with E-state index in [1.54, 1.807) is 12.1 Å². The highest BCUT2D eigenvalue weighted by Gasteiger charge is 2.05. The Morgan fingerprint density at radius 3 is 2.79 bits per heavy atom. The van der Waals surface area contributed by atoms with E-state index >= 15 is 0 Å². The van der Waals surface area contributed by atoms with Crippen LogP contribution < -0.4 is 5.32 Å². The Balaban J connectivity index is 3.15. The van der Waals surface area contributed by atoms with Crippen molar-refractivity contribution in [1.29, 1.82) is 0 Å². The van der Waals surface area contributed by atoms with Crippen molar-refractivity contribution >= 4 is 11.4 Å². The van der Waals surface area contributed by atoms with E-state index in [1.165, 1.54) is 6.92 Å². The molecule has 0 radical (unpaired) electrons. The fourth-order valence-corrected chi connectivity index (χ4v) is 1.23. The molecule has 1 rings (SSSR count). The first-order valence-electron chi connectivity index (χ1n) is 4.25. The number of anilines is 1. The van der Waals surface area contributed by atoms with Gasteiger partial charge < -0.3 is 5.32 Å². The third-order valence-corrected chi connectivity index (χ3v) is 1.95. The summed E-state index contributed by atoms with van der Waals surface area (Å²) in [5.41, 5.74) is 2.36. The standard InChI is InChI=1S/C10H12F2N2/c1-7-3-4-10(13-6-11)9(5-7)8(2)14-12/h3-5,13H,6H2,1-2H3. The van der Waals surface area contributed by atoms with Gasteiger partial charge >= 0.3 is 0 Å². The van der Waals surface area contributed by atoms with Crippen LogP contribution in [0.15, 0.2) is 23.4 Å². The van der Waals surface area contributed by atoms with E-state index in [4.69, 9.17) is 0 Å². The molecule has 1 aromatic rings. The molecular formula is C10H12F2N2. The van der Waals surface area contributed by atoms with E-state index in [-0.39, 0.29) is 5.71 Å². The molecule has 0 saturated carbocycles. The number of hydrogen-bond donors (Lipinski definition) is 1. The number of hydrogen-bond acceptors (Lipinski definition) is 2. The zero-order valence-electron chi connectivity index (χ0n) is 8.14. The highest BCUT2D eigenvalue weighted by atomic mass is 19.2. The SMILES string of the molecule is CC(=NF)c1cc(C)ccc1NCF. The molecule has 0 aliphatic heterocycles. The number of halogens is 2. The molecule has 0 unspecified atom stereocenters. The Bertz CT molecular complexity index is 348. The molecule has 4 heteroatoms. The van der Waals surface area contributed by atoms with Crippen molar-refractivity contribution in [3.05, 3.63) is 29.3 Å². The van der Waals surface area contributed by atoms with Gasteiger partial charge in [0.15, 0.2) is 6.80 Å². The molecule has 0 bridgehead atoms. The number of nitrogens with zero attached hydrogens (tertiary/aromatic N) is 1. The van der Waals surface area contributed by atoms with Crippen molar-refractivity contribution < 1.29 is 8.87 Å². The lowest BCUT2D eigenvalue weighted by Crippen LogP contribution is -2.04. The van der Waals surface area contributed by atoms with Crippen molar-refractivity contribution in [2.24, 2.45) is 5.21 Å². The Hall–Kier alpha value is -1.45. The average molecular weight is 198 g/mol. The summed E-state index contributed by atoms with van der Waals surface area (Å²) in [4.78, 5) is 0. The number of benzene rings is 1. The van der Waals surface area contributed by atoms with Gasteiger partial charge in [0.25, 0.3) is 0 Å². The quantitative estimate of drug-likeness (QED) is 0.586. The van der Waals surface area contributed by atoms with Gasteiger partial charge in [-0.3, -0.25) is 0 Å². The maximum atomic E-state index is 12.1. The van der Waals surface area contributed by atoms with Crippen LogP contribution in [0.1, 0.15) is 18.1 Å². The van der Waals surface area contributed by atoms with Crippen molar-refractivity contribution in [3.63, 3.8) is 0 Å². The minimum atomic E-state index is -0.685. The van der Waals surface area contributed by atoms with Gasteiger partial charge in [-0.25, -0.2) is 4.39 Å². The lowest BCUT2D eigenvalue weighted by Gasteiger charge is -2.09. The van der Waals surface area contributed by atoms with Gasteiger partial charge in [0, 0.05) is 11.3 Å². The largest absolute Gasteiger partial charge is 0.358 e. The zero-order chi connectivity index (χ0) is 10.6. The topological polar surface area (TPSA) is 24.4 Å². The highest BCUT2D eigenvalue weighted by molar-refractivity contribution is 6.03. The molecule has 1 aromatic carbocycles. The van der Waals surface area contributed by atoms with Crippen LogP contribution >= 0.6 is 0 Å². The second-order valence-corrected chi connectivity index (χ2v) is 3.03. The molecule has 0 aromatic heterocycles. The molecule has 2 nitrogen and oxygen atoms in total. The molecule has 0 amide bonds. The normalized spacial score (nSPS) is 11.6. The van der Waals surface area contributed by atoms with Gasteiger partial charge in [0.2, 0.25) is 0 Å². The maximum Gasteiger partial charge on any atom is 0.159 e. The van der Waals surface area contributed by atoms with Crippen molar-refractivity contribution in [3.8, 4) is 0 Å². The summed E-state index contributed by atoms with van der Waals surface area (Å²) in [5, 5.41) is 5.10. The molecular weight excluding hydrogens is 186 g/mol. The van der Waals surface area contributed by atoms with E-state index in [2.05, 4.69) is 10.5 Å². The van der Waals surface area contributed by atoms with Crippen molar-refractivity contribution in [1.82, 2.24) is 0 Å². The molecule has 76 valence electrons. The molecule has 14 heavy (non-hydrogen) atoms. The van der Waals surface area contributed by atoms with E-state index in [0.717, 1.165) is 5.56 Å². The number of rotatable bonds is 3. The van der Waals surface area contributed by atoms with Gasteiger partial charge in [-0.15, -0.1) is 0 Å². The van der Waals surface area contributed by atoms with E-state index in [1.807, 2.05) is 13.0 Å². The lowest BCUT2D eigenvalue weighted by atomic mass is 10.1. The zero-order valence-corrected chi connectivity index (χ0v) is 8.14. The minimum absolute atomic E-state index is 0.240. The molecule has 0 atom stereocenters. The molecule has 0 fully saturated rings. The minimum Gasteiger partial charge on any atom is -0.358 e. The monoisotopic (exact) mass is 198 g/mol. The highest BCUT2D eigenvalue weighted by Crippen LogP contribution is 2.18. The summed E-state index contributed by atoms with van der Waals surface area (Å²) in [5.74, 6) is 0. The smallest absolute Gasteiger partial charge is 0.159 e. The summed E-state index contributed by atoms with van der Waals surface area (Å²) in [6, 6.07) is 5.29. The first-order chi connectivity index (χ1) is 6.69. The van der Waals surface area contributed by atoms with Gasteiger partial charge in [-0.2, -0.15) is 0 Å². The summed E-state index contributed by atoms with van der Waals surface area (Å²) >= 11 is 0. The van der Waals surface area contributed by atoms with Crippen molar-refractivity contribution in [2.45, 2.75) is 13.8 Å². The number of nitrogens with one attached hydrogen (secondary N) is 1. The summed E-state index contributed by atoms with van der Waals surface area (Å²) in [6.07, 6.45) is 0. The molecule has 1 N–H and O–H groups in total. The third-order valence-electron chi connectivity index (χ3n) is 1.95. The number of alkyl halides is 1. The molecule has 0 heterocycles. The predicted octanol–water partition coefficient (Wildman–Crippen LogP) is 3.03. The van der Waals surface area contributed by atoms with E-state index < -0.39 is 6.80 Å². The Morgan fingerprint density at radius 1 is 1.50 bits per heavy atom. The fraction of sp³-hybridized carbons (Fsp3) is 0.300. The van der Waals surface area contributed by atoms with Gasteiger partial charge in [-0.1, -0.05) is 21.3 Å². The second kappa shape index (κ2) is 4.69. The molecule has 0 aliphatic carbocycles. The number of aryl methyl sites for hydroxylation is 1. The van der Waals surface area contributed by atoms with Crippen LogP contribution in [-0.2, 0) is 0 Å². The fourth-order valence-electron chi connectivity index (χ4n) is 1.23. The molecule has 0 saturated heterocycles. The van der Waals surface area contributed by atoms with Crippen LogP contribution in [-0.4, -0.2) is 12.5 Å². The van der Waals surface area contributed by atoms with Crippen LogP contribution in [0.3, 0.4) is 0 Å². The Morgan fingerprint density at radius 2 is 2.21 bits per heavy atom. The van der Waals surface area contributed by atoms with E-state index in [9.17, 15) is 8.87 Å². The molecule has 0 aliphatic rings. The second-order valence-electron chi connectivity index (χ2n) is 3.03. The van der Waals surface area contributed by atoms with Gasteiger partial charge in [0.05, 0.1) is 5.71 Å². The van der Waals surface area contributed by atoms with Gasteiger partial charge in [-0.05, 0) is 26.0 Å². The van der Waals surface area contributed by atoms with Crippen LogP contribution in [0, 0.1) is 6.92 Å². The average Bonchev–Trinajstić information content (AvgIpc) is 2.20. The van der Waals surface area contributed by atoms with Crippen LogP contribution in [0.2, 0.25) is 0 Å². The third kappa shape index (κ3) is 2.28. The Labute approximate surface area is 81.6 Å². The molecule has 0 spiro atoms. The Kier molecular flexibility index (Phi) is 3.56. The van der Waals surface area contributed by atoms with Crippen LogP contribution in [0.5, 0.6) is 0 Å². The lowest BCUT2D eigenvalue weighted by molar-refractivity contribution is 0.534. The van der Waals surface area contributed by atoms with Crippen LogP contribution in [0.25, 0.3) is 0 Å². The van der Waals surface area contributed by atoms with Gasteiger partial charge in [0.1, 0.15) is 0 Å². The maximum absolute atomic E-state index is 12.1. The summed E-state index contributed by atoms with van der Waals surface area (Å²) in [7, 11) is 0. The van der Waals surface area contributed by atoms with E-state index in [0.29, 0.717) is 11.3 Å². The summed E-state index contributed by atoms with van der Waals surface area (Å²) in [6.45, 7) is 2.74.